The van der Waals surface area contributed by atoms with E-state index in [1.165, 1.54) is 0 Å². The lowest BCUT2D eigenvalue weighted by Crippen LogP contribution is -1.99. The third-order valence-electron chi connectivity index (χ3n) is 2.14. The molecule has 0 saturated heterocycles. The van der Waals surface area contributed by atoms with Crippen LogP contribution in [-0.2, 0) is 11.3 Å². The highest BCUT2D eigenvalue weighted by Crippen LogP contribution is 2.14. The van der Waals surface area contributed by atoms with Gasteiger partial charge >= 0.3 is 0 Å². The number of nitrogens with two attached hydrogens (primary N) is 1. The van der Waals surface area contributed by atoms with Crippen molar-refractivity contribution in [1.29, 1.82) is 0 Å². The number of hydrogen-bond donors (Lipinski definition) is 1. The van der Waals surface area contributed by atoms with Crippen LogP contribution in [0.25, 0.3) is 5.65 Å². The predicted octanol–water partition coefficient (Wildman–Crippen LogP) is 0.766. The standard InChI is InChI=1S/C9H12N4O/c1-6-3-8-11-12-9(5-14-2)13(8)4-7(6)10/h3-4H,5,10H2,1-2H3. The van der Waals surface area contributed by atoms with E-state index in [1.807, 2.05) is 23.6 Å². The molecule has 0 bridgehead atoms. The first-order valence-corrected chi connectivity index (χ1v) is 4.31. The molecule has 2 aromatic rings. The summed E-state index contributed by atoms with van der Waals surface area (Å²) in [5.74, 6) is 0.759. The van der Waals surface area contributed by atoms with Gasteiger partial charge in [-0.3, -0.25) is 4.40 Å². The van der Waals surface area contributed by atoms with E-state index in [2.05, 4.69) is 10.2 Å². The van der Waals surface area contributed by atoms with Gasteiger partial charge in [0, 0.05) is 13.3 Å². The number of rotatable bonds is 2. The van der Waals surface area contributed by atoms with Crippen molar-refractivity contribution in [2.24, 2.45) is 0 Å². The summed E-state index contributed by atoms with van der Waals surface area (Å²) < 4.78 is 6.84. The zero-order valence-corrected chi connectivity index (χ0v) is 8.19. The highest BCUT2D eigenvalue weighted by atomic mass is 16.5. The number of nitrogen functional groups attached to an aromatic ring is 1. The molecule has 0 aliphatic rings. The van der Waals surface area contributed by atoms with Crippen LogP contribution < -0.4 is 5.73 Å². The number of fused-ring (bicyclic) bond motifs is 1. The van der Waals surface area contributed by atoms with Crippen LogP contribution in [0.15, 0.2) is 12.3 Å². The SMILES string of the molecule is COCc1nnc2cc(C)c(N)cn12. The Hall–Kier alpha value is -1.62. The Labute approximate surface area is 81.5 Å². The van der Waals surface area contributed by atoms with Gasteiger partial charge in [0.1, 0.15) is 6.61 Å². The first-order valence-electron chi connectivity index (χ1n) is 4.31. The summed E-state index contributed by atoms with van der Waals surface area (Å²) in [6.45, 7) is 2.38. The highest BCUT2D eigenvalue weighted by Gasteiger charge is 2.06. The molecule has 2 heterocycles. The van der Waals surface area contributed by atoms with E-state index in [0.29, 0.717) is 6.61 Å². The highest BCUT2D eigenvalue weighted by molar-refractivity contribution is 5.53. The first kappa shape index (κ1) is 8.96. The molecular formula is C9H12N4O. The molecule has 0 aliphatic heterocycles. The molecule has 0 aliphatic carbocycles. The number of methoxy groups -OCH3 is 1. The Kier molecular flexibility index (Phi) is 2.09. The molecule has 5 heteroatoms. The van der Waals surface area contributed by atoms with Crippen LogP contribution in [0, 0.1) is 6.92 Å². The third kappa shape index (κ3) is 1.31. The normalized spacial score (nSPS) is 11.0. The van der Waals surface area contributed by atoms with Crippen LogP contribution in [-0.4, -0.2) is 21.7 Å². The first-order chi connectivity index (χ1) is 6.72. The van der Waals surface area contributed by atoms with E-state index in [9.17, 15) is 0 Å². The Bertz CT molecular complexity index is 463. The fourth-order valence-corrected chi connectivity index (χ4v) is 1.32. The summed E-state index contributed by atoms with van der Waals surface area (Å²) in [7, 11) is 1.62. The zero-order valence-electron chi connectivity index (χ0n) is 8.19. The maximum Gasteiger partial charge on any atom is 0.163 e. The molecular weight excluding hydrogens is 180 g/mol. The maximum absolute atomic E-state index is 5.79. The van der Waals surface area contributed by atoms with Crippen molar-refractivity contribution < 1.29 is 4.74 Å². The van der Waals surface area contributed by atoms with Crippen LogP contribution in [0.1, 0.15) is 11.4 Å². The van der Waals surface area contributed by atoms with Gasteiger partial charge in [-0.05, 0) is 18.6 Å². The number of pyridine rings is 1. The van der Waals surface area contributed by atoms with E-state index in [4.69, 9.17) is 10.5 Å². The minimum Gasteiger partial charge on any atom is -0.397 e. The minimum absolute atomic E-state index is 0.434. The molecule has 14 heavy (non-hydrogen) atoms. The molecule has 0 radical (unpaired) electrons. The number of aromatic nitrogens is 3. The monoisotopic (exact) mass is 192 g/mol. The van der Waals surface area contributed by atoms with Crippen LogP contribution >= 0.6 is 0 Å². The molecule has 5 nitrogen and oxygen atoms in total. The van der Waals surface area contributed by atoms with E-state index < -0.39 is 0 Å². The number of ether oxygens (including phenoxy) is 1. The Morgan fingerprint density at radius 2 is 2.29 bits per heavy atom. The number of nitrogens with zero attached hydrogens (tertiary/aromatic N) is 3. The summed E-state index contributed by atoms with van der Waals surface area (Å²) in [5.41, 5.74) is 8.33. The van der Waals surface area contributed by atoms with E-state index in [0.717, 1.165) is 22.7 Å². The van der Waals surface area contributed by atoms with Crippen molar-refractivity contribution in [3.63, 3.8) is 0 Å². The lowest BCUT2D eigenvalue weighted by molar-refractivity contribution is 0.177. The minimum atomic E-state index is 0.434. The smallest absolute Gasteiger partial charge is 0.163 e. The molecule has 0 unspecified atom stereocenters. The van der Waals surface area contributed by atoms with E-state index in [1.54, 1.807) is 7.11 Å². The van der Waals surface area contributed by atoms with Gasteiger partial charge in [0.15, 0.2) is 11.5 Å². The molecule has 0 atom stereocenters. The average Bonchev–Trinajstić information content (AvgIpc) is 2.51. The van der Waals surface area contributed by atoms with E-state index in [-0.39, 0.29) is 0 Å². The second kappa shape index (κ2) is 3.26. The number of aryl methyl sites for hydroxylation is 1. The second-order valence-corrected chi connectivity index (χ2v) is 3.19. The van der Waals surface area contributed by atoms with Crippen molar-refractivity contribution in [2.45, 2.75) is 13.5 Å². The fourth-order valence-electron chi connectivity index (χ4n) is 1.32. The van der Waals surface area contributed by atoms with Crippen LogP contribution in [0.3, 0.4) is 0 Å². The van der Waals surface area contributed by atoms with Crippen LogP contribution in [0.4, 0.5) is 5.69 Å². The lowest BCUT2D eigenvalue weighted by atomic mass is 10.2. The van der Waals surface area contributed by atoms with Gasteiger partial charge < -0.3 is 10.5 Å². The lowest BCUT2D eigenvalue weighted by Gasteiger charge is -2.02. The third-order valence-corrected chi connectivity index (χ3v) is 2.14. The Morgan fingerprint density at radius 1 is 1.50 bits per heavy atom. The van der Waals surface area contributed by atoms with Gasteiger partial charge in [-0.2, -0.15) is 0 Å². The fraction of sp³-hybridized carbons (Fsp3) is 0.333. The average molecular weight is 192 g/mol. The molecule has 0 spiro atoms. The predicted molar refractivity (Wildman–Crippen MR) is 52.8 cm³/mol. The Morgan fingerprint density at radius 3 is 3.00 bits per heavy atom. The summed E-state index contributed by atoms with van der Waals surface area (Å²) in [5, 5.41) is 8.02. The van der Waals surface area contributed by atoms with Gasteiger partial charge in [-0.1, -0.05) is 0 Å². The number of anilines is 1. The van der Waals surface area contributed by atoms with Gasteiger partial charge in [0.2, 0.25) is 0 Å². The van der Waals surface area contributed by atoms with Crippen LogP contribution in [0.2, 0.25) is 0 Å². The molecule has 0 fully saturated rings. The van der Waals surface area contributed by atoms with E-state index >= 15 is 0 Å². The molecule has 2 N–H and O–H groups in total. The van der Waals surface area contributed by atoms with Gasteiger partial charge in [-0.15, -0.1) is 10.2 Å². The number of hydrogen-bond acceptors (Lipinski definition) is 4. The summed E-state index contributed by atoms with van der Waals surface area (Å²) in [6, 6.07) is 1.90. The molecule has 0 aromatic carbocycles. The summed E-state index contributed by atoms with van der Waals surface area (Å²) in [6.07, 6.45) is 1.82. The molecule has 2 rings (SSSR count). The van der Waals surface area contributed by atoms with Crippen molar-refractivity contribution in [3.05, 3.63) is 23.7 Å². The molecule has 74 valence electrons. The van der Waals surface area contributed by atoms with Crippen LogP contribution in [0.5, 0.6) is 0 Å². The summed E-state index contributed by atoms with van der Waals surface area (Å²) in [4.78, 5) is 0. The topological polar surface area (TPSA) is 65.4 Å². The molecule has 2 aromatic heterocycles. The molecule has 0 saturated carbocycles. The maximum atomic E-state index is 5.79. The van der Waals surface area contributed by atoms with Gasteiger partial charge in [0.05, 0.1) is 5.69 Å². The van der Waals surface area contributed by atoms with Crippen molar-refractivity contribution in [1.82, 2.24) is 14.6 Å². The van der Waals surface area contributed by atoms with Crippen molar-refractivity contribution in [3.8, 4) is 0 Å². The summed E-state index contributed by atoms with van der Waals surface area (Å²) >= 11 is 0. The molecule has 0 amide bonds. The second-order valence-electron chi connectivity index (χ2n) is 3.19. The van der Waals surface area contributed by atoms with Gasteiger partial charge in [-0.25, -0.2) is 0 Å². The van der Waals surface area contributed by atoms with Crippen molar-refractivity contribution in [2.75, 3.05) is 12.8 Å². The quantitative estimate of drug-likeness (QED) is 0.763. The Balaban J connectivity index is 2.61. The largest absolute Gasteiger partial charge is 0.397 e. The zero-order chi connectivity index (χ0) is 10.1. The van der Waals surface area contributed by atoms with Gasteiger partial charge in [0.25, 0.3) is 0 Å². The van der Waals surface area contributed by atoms with Crippen molar-refractivity contribution >= 4 is 11.3 Å².